The monoisotopic (exact) mass is 332 g/mol. The highest BCUT2D eigenvalue weighted by atomic mass is 35.5. The van der Waals surface area contributed by atoms with E-state index in [2.05, 4.69) is 84.9 Å². The van der Waals surface area contributed by atoms with Crippen LogP contribution in [-0.2, 0) is 4.50 Å². The Bertz CT molecular complexity index is 913. The van der Waals surface area contributed by atoms with Crippen molar-refractivity contribution in [2.75, 3.05) is 0 Å². The predicted octanol–water partition coefficient (Wildman–Crippen LogP) is 4.80. The summed E-state index contributed by atoms with van der Waals surface area (Å²) in [6.45, 7) is 0. The number of alkyl halides is 1. The lowest BCUT2D eigenvalue weighted by molar-refractivity contribution is 1.07. The number of hydrogen-bond acceptors (Lipinski definition) is 0. The molecule has 0 aliphatic carbocycles. The van der Waals surface area contributed by atoms with Gasteiger partial charge in [0.15, 0.2) is 0 Å². The quantitative estimate of drug-likeness (QED) is 0.365. The van der Waals surface area contributed by atoms with Gasteiger partial charge >= 0.3 is 0 Å². The van der Waals surface area contributed by atoms with Crippen molar-refractivity contribution in [3.8, 4) is 0 Å². The molecule has 0 aromatic heterocycles. The summed E-state index contributed by atoms with van der Waals surface area (Å²) >= 11 is 7.21. The average Bonchev–Trinajstić information content (AvgIpc) is 2.60. The molecule has 0 atom stereocenters. The first-order chi connectivity index (χ1) is 11.2. The molecule has 0 saturated heterocycles. The van der Waals surface area contributed by atoms with Crippen LogP contribution in [0.1, 0.15) is 11.1 Å². The number of benzene rings is 4. The molecule has 0 aliphatic rings. The second-order valence-corrected chi connectivity index (χ2v) is 8.95. The number of fused-ring (bicyclic) bond motifs is 2. The Kier molecular flexibility index (Phi) is 3.48. The molecule has 0 fully saturated rings. The topological polar surface area (TPSA) is 0 Å². The number of hydrogen-bond donors (Lipinski definition) is 0. The van der Waals surface area contributed by atoms with Crippen LogP contribution in [0.15, 0.2) is 84.9 Å². The maximum Gasteiger partial charge on any atom is 0.0760 e. The van der Waals surface area contributed by atoms with Gasteiger partial charge < -0.3 is 0 Å². The van der Waals surface area contributed by atoms with Crippen molar-refractivity contribution in [1.29, 1.82) is 0 Å². The SMILES string of the molecule is [SiH3]C(Cl)(c1cccc2ccccc12)c1cccc2ccccc12. The standard InChI is InChI=1S/C21H17ClSi/c22-21(23,19-13-5-9-15-7-1-3-11-17(15)19)20-14-6-10-16-8-2-4-12-18(16)20/h1-14H,23H3. The van der Waals surface area contributed by atoms with E-state index in [1.54, 1.807) is 0 Å². The van der Waals surface area contributed by atoms with Gasteiger partial charge in [-0.25, -0.2) is 0 Å². The molecule has 4 aromatic carbocycles. The summed E-state index contributed by atoms with van der Waals surface area (Å²) in [5.74, 6) is 0. The molecule has 4 rings (SSSR count). The Labute approximate surface area is 144 Å². The normalized spacial score (nSPS) is 12.0. The van der Waals surface area contributed by atoms with E-state index in [0.29, 0.717) is 0 Å². The van der Waals surface area contributed by atoms with E-state index in [-0.39, 0.29) is 0 Å². The van der Waals surface area contributed by atoms with Gasteiger partial charge in [-0.1, -0.05) is 84.9 Å². The van der Waals surface area contributed by atoms with Crippen molar-refractivity contribution in [1.82, 2.24) is 0 Å². The molecule has 23 heavy (non-hydrogen) atoms. The van der Waals surface area contributed by atoms with Crippen molar-refractivity contribution in [2.24, 2.45) is 0 Å². The maximum atomic E-state index is 7.21. The van der Waals surface area contributed by atoms with Gasteiger partial charge in [0.2, 0.25) is 0 Å². The molecular formula is C21H17ClSi. The Morgan fingerprint density at radius 3 is 1.43 bits per heavy atom. The Balaban J connectivity index is 2.02. The minimum absolute atomic E-state index is 0.443. The fourth-order valence-electron chi connectivity index (χ4n) is 3.41. The van der Waals surface area contributed by atoms with Crippen molar-refractivity contribution >= 4 is 43.4 Å². The largest absolute Gasteiger partial charge is 0.114 e. The summed E-state index contributed by atoms with van der Waals surface area (Å²) in [4.78, 5) is 0. The summed E-state index contributed by atoms with van der Waals surface area (Å²) in [6.07, 6.45) is 0. The van der Waals surface area contributed by atoms with Crippen LogP contribution < -0.4 is 0 Å². The van der Waals surface area contributed by atoms with Crippen LogP contribution in [0.25, 0.3) is 21.5 Å². The first-order valence-electron chi connectivity index (χ1n) is 7.83. The first kappa shape index (κ1) is 14.5. The van der Waals surface area contributed by atoms with Crippen LogP contribution >= 0.6 is 11.6 Å². The summed E-state index contributed by atoms with van der Waals surface area (Å²) in [7, 11) is 0.828. The van der Waals surface area contributed by atoms with Gasteiger partial charge in [-0.2, -0.15) is 0 Å². The van der Waals surface area contributed by atoms with Crippen LogP contribution in [0.3, 0.4) is 0 Å². The van der Waals surface area contributed by atoms with E-state index in [1.807, 2.05) is 0 Å². The van der Waals surface area contributed by atoms with Crippen molar-refractivity contribution < 1.29 is 0 Å². The van der Waals surface area contributed by atoms with E-state index in [4.69, 9.17) is 11.6 Å². The molecule has 0 amide bonds. The molecule has 0 radical (unpaired) electrons. The van der Waals surface area contributed by atoms with Crippen molar-refractivity contribution in [3.05, 3.63) is 96.1 Å². The average molecular weight is 333 g/mol. The molecular weight excluding hydrogens is 316 g/mol. The zero-order chi connectivity index (χ0) is 15.9. The van der Waals surface area contributed by atoms with Crippen LogP contribution in [-0.4, -0.2) is 10.2 Å². The number of rotatable bonds is 2. The highest BCUT2D eigenvalue weighted by Gasteiger charge is 2.29. The second-order valence-electron chi connectivity index (χ2n) is 6.06. The molecule has 0 nitrogen and oxygen atoms in total. The maximum absolute atomic E-state index is 7.21. The second kappa shape index (κ2) is 5.52. The highest BCUT2D eigenvalue weighted by molar-refractivity contribution is 6.47. The summed E-state index contributed by atoms with van der Waals surface area (Å²) in [6, 6.07) is 29.8. The van der Waals surface area contributed by atoms with Crippen LogP contribution in [0.4, 0.5) is 0 Å². The molecule has 0 spiro atoms. The van der Waals surface area contributed by atoms with Crippen LogP contribution in [0, 0.1) is 0 Å². The van der Waals surface area contributed by atoms with E-state index in [9.17, 15) is 0 Å². The van der Waals surface area contributed by atoms with Gasteiger partial charge in [-0.05, 0) is 32.7 Å². The third-order valence-electron chi connectivity index (χ3n) is 4.59. The molecule has 0 aliphatic heterocycles. The molecule has 2 heteroatoms. The zero-order valence-electron chi connectivity index (χ0n) is 13.0. The lowest BCUT2D eigenvalue weighted by atomic mass is 9.94. The van der Waals surface area contributed by atoms with Gasteiger partial charge in [0.1, 0.15) is 0 Å². The molecule has 0 bridgehead atoms. The molecule has 112 valence electrons. The van der Waals surface area contributed by atoms with Gasteiger partial charge in [0.25, 0.3) is 0 Å². The minimum Gasteiger partial charge on any atom is -0.114 e. The fourth-order valence-corrected chi connectivity index (χ4v) is 4.62. The lowest BCUT2D eigenvalue weighted by Gasteiger charge is -2.26. The van der Waals surface area contributed by atoms with E-state index in [1.165, 1.54) is 32.7 Å². The number of halogens is 1. The van der Waals surface area contributed by atoms with E-state index < -0.39 is 4.50 Å². The van der Waals surface area contributed by atoms with Gasteiger partial charge in [-0.15, -0.1) is 11.6 Å². The summed E-state index contributed by atoms with van der Waals surface area (Å²) in [5.41, 5.74) is 2.42. The zero-order valence-corrected chi connectivity index (χ0v) is 15.7. The van der Waals surface area contributed by atoms with Crippen LogP contribution in [0.2, 0.25) is 0 Å². The van der Waals surface area contributed by atoms with Gasteiger partial charge in [0, 0.05) is 10.2 Å². The smallest absolute Gasteiger partial charge is 0.0760 e. The van der Waals surface area contributed by atoms with Crippen molar-refractivity contribution in [3.63, 3.8) is 0 Å². The fraction of sp³-hybridized carbons (Fsp3) is 0.0476. The molecule has 4 aromatic rings. The third-order valence-corrected chi connectivity index (χ3v) is 6.08. The molecule has 0 heterocycles. The summed E-state index contributed by atoms with van der Waals surface area (Å²) < 4.78 is -0.443. The first-order valence-corrected chi connectivity index (χ1v) is 9.21. The highest BCUT2D eigenvalue weighted by Crippen LogP contribution is 2.40. The lowest BCUT2D eigenvalue weighted by Crippen LogP contribution is -2.21. The Morgan fingerprint density at radius 1 is 0.565 bits per heavy atom. The Hall–Kier alpha value is -2.09. The minimum atomic E-state index is -0.443. The van der Waals surface area contributed by atoms with Crippen molar-refractivity contribution in [2.45, 2.75) is 4.50 Å². The Morgan fingerprint density at radius 2 is 0.957 bits per heavy atom. The molecule has 0 saturated carbocycles. The third kappa shape index (κ3) is 2.37. The van der Waals surface area contributed by atoms with Crippen LogP contribution in [0.5, 0.6) is 0 Å². The molecule has 0 N–H and O–H groups in total. The van der Waals surface area contributed by atoms with Gasteiger partial charge in [0.05, 0.1) is 4.50 Å². The van der Waals surface area contributed by atoms with Gasteiger partial charge in [-0.3, -0.25) is 0 Å². The van der Waals surface area contributed by atoms with E-state index in [0.717, 1.165) is 10.2 Å². The predicted molar refractivity (Wildman–Crippen MR) is 104 cm³/mol. The molecule has 0 unspecified atom stereocenters. The van der Waals surface area contributed by atoms with E-state index >= 15 is 0 Å². The summed E-state index contributed by atoms with van der Waals surface area (Å²) in [5, 5.41) is 4.97.